The van der Waals surface area contributed by atoms with Crippen LogP contribution in [0, 0.1) is 5.82 Å². The molecule has 30 heavy (non-hydrogen) atoms. The minimum Gasteiger partial charge on any atom is -0.471 e. The highest BCUT2D eigenvalue weighted by Gasteiger charge is 2.22. The molecule has 4 N–H and O–H groups in total. The molecular weight excluding hydrogens is 435 g/mol. The number of primary amides is 1. The van der Waals surface area contributed by atoms with Crippen molar-refractivity contribution >= 4 is 40.1 Å². The zero-order valence-corrected chi connectivity index (χ0v) is 17.2. The highest BCUT2D eigenvalue weighted by atomic mass is 35.5. The highest BCUT2D eigenvalue weighted by molar-refractivity contribution is 7.11. The van der Waals surface area contributed by atoms with Gasteiger partial charge in [0.25, 0.3) is 5.91 Å². The Bertz CT molecular complexity index is 1030. The third-order valence-corrected chi connectivity index (χ3v) is 4.93. The third-order valence-electron chi connectivity index (χ3n) is 3.95. The van der Waals surface area contributed by atoms with E-state index in [4.69, 9.17) is 22.1 Å². The molecule has 158 valence electrons. The molecule has 3 amide bonds. The molecule has 0 spiro atoms. The first-order valence-corrected chi connectivity index (χ1v) is 9.96. The molecule has 12 heteroatoms. The van der Waals surface area contributed by atoms with Crippen LogP contribution in [0.5, 0.6) is 5.88 Å². The number of ether oxygens (including phenoxy) is 1. The number of urea groups is 1. The van der Waals surface area contributed by atoms with Crippen LogP contribution < -0.4 is 21.1 Å². The van der Waals surface area contributed by atoms with E-state index in [1.807, 2.05) is 10.8 Å². The van der Waals surface area contributed by atoms with Gasteiger partial charge in [0.05, 0.1) is 6.33 Å². The molecule has 3 rings (SSSR count). The Morgan fingerprint density at radius 3 is 2.90 bits per heavy atom. The Morgan fingerprint density at radius 2 is 2.20 bits per heavy atom. The van der Waals surface area contributed by atoms with E-state index in [0.29, 0.717) is 19.5 Å². The van der Waals surface area contributed by atoms with Crippen molar-refractivity contribution in [3.05, 3.63) is 58.9 Å². The lowest BCUT2D eigenvalue weighted by Crippen LogP contribution is -2.30. The van der Waals surface area contributed by atoms with Crippen molar-refractivity contribution in [1.29, 1.82) is 0 Å². The molecule has 2 heterocycles. The molecule has 2 aromatic heterocycles. The minimum atomic E-state index is -0.828. The Morgan fingerprint density at radius 1 is 1.37 bits per heavy atom. The summed E-state index contributed by atoms with van der Waals surface area (Å²) < 4.78 is 25.2. The van der Waals surface area contributed by atoms with Crippen LogP contribution in [0.15, 0.2) is 36.9 Å². The third kappa shape index (κ3) is 5.67. The van der Waals surface area contributed by atoms with E-state index >= 15 is 0 Å². The van der Waals surface area contributed by atoms with E-state index in [-0.39, 0.29) is 33.6 Å². The van der Waals surface area contributed by atoms with Crippen LogP contribution in [0.25, 0.3) is 0 Å². The summed E-state index contributed by atoms with van der Waals surface area (Å²) in [7, 11) is 0. The number of aromatic nitrogens is 3. The van der Waals surface area contributed by atoms with Crippen LogP contribution in [0.4, 0.5) is 14.2 Å². The van der Waals surface area contributed by atoms with Crippen molar-refractivity contribution in [3.8, 4) is 5.88 Å². The number of anilines is 1. The van der Waals surface area contributed by atoms with Gasteiger partial charge in [-0.1, -0.05) is 17.7 Å². The fourth-order valence-corrected chi connectivity index (χ4v) is 3.39. The molecule has 0 aliphatic heterocycles. The van der Waals surface area contributed by atoms with Gasteiger partial charge < -0.3 is 20.4 Å². The average molecular weight is 453 g/mol. The number of carbonyl (C=O) groups is 2. The summed E-state index contributed by atoms with van der Waals surface area (Å²) in [5.74, 6) is -1.46. The van der Waals surface area contributed by atoms with Crippen molar-refractivity contribution in [2.24, 2.45) is 5.73 Å². The Kier molecular flexibility index (Phi) is 7.20. The summed E-state index contributed by atoms with van der Waals surface area (Å²) in [6.07, 6.45) is 5.88. The van der Waals surface area contributed by atoms with E-state index in [1.54, 1.807) is 12.5 Å². The van der Waals surface area contributed by atoms with Crippen LogP contribution in [0.3, 0.4) is 0 Å². The molecule has 0 radical (unpaired) electrons. The molecule has 0 saturated heterocycles. The SMILES string of the molecule is NC(=O)c1c(OCc2ccc(Cl)cc2F)nsc1NC(=O)NCCCn1ccnc1. The number of imidazole rings is 1. The molecule has 1 aromatic carbocycles. The Hall–Kier alpha value is -3.18. The average Bonchev–Trinajstić information content (AvgIpc) is 3.34. The van der Waals surface area contributed by atoms with Crippen molar-refractivity contribution in [2.75, 3.05) is 11.9 Å². The number of carbonyl (C=O) groups excluding carboxylic acids is 2. The summed E-state index contributed by atoms with van der Waals surface area (Å²) in [6, 6.07) is 3.62. The van der Waals surface area contributed by atoms with Crippen LogP contribution in [0.1, 0.15) is 22.3 Å². The van der Waals surface area contributed by atoms with Gasteiger partial charge in [0, 0.05) is 36.1 Å². The quantitative estimate of drug-likeness (QED) is 0.430. The van der Waals surface area contributed by atoms with E-state index in [2.05, 4.69) is 20.0 Å². The normalized spacial score (nSPS) is 10.6. The van der Waals surface area contributed by atoms with E-state index < -0.39 is 17.8 Å². The molecule has 0 atom stereocenters. The number of rotatable bonds is 9. The molecule has 0 aliphatic carbocycles. The monoisotopic (exact) mass is 452 g/mol. The number of hydrogen-bond donors (Lipinski definition) is 3. The number of benzene rings is 1. The number of nitrogens with one attached hydrogen (secondary N) is 2. The van der Waals surface area contributed by atoms with Gasteiger partial charge in [0.2, 0.25) is 5.88 Å². The van der Waals surface area contributed by atoms with Gasteiger partial charge >= 0.3 is 6.03 Å². The molecule has 0 bridgehead atoms. The van der Waals surface area contributed by atoms with Gasteiger partial charge in [-0.05, 0) is 30.1 Å². The number of nitrogens with zero attached hydrogens (tertiary/aromatic N) is 3. The van der Waals surface area contributed by atoms with Crippen molar-refractivity contribution < 1.29 is 18.7 Å². The smallest absolute Gasteiger partial charge is 0.319 e. The van der Waals surface area contributed by atoms with Crippen LogP contribution in [0.2, 0.25) is 5.02 Å². The fourth-order valence-electron chi connectivity index (χ4n) is 2.49. The Balaban J connectivity index is 1.56. The predicted molar refractivity (Wildman–Crippen MR) is 110 cm³/mol. The second kappa shape index (κ2) is 10.0. The number of hydrogen-bond acceptors (Lipinski definition) is 6. The lowest BCUT2D eigenvalue weighted by molar-refractivity contribution is 0.0996. The maximum Gasteiger partial charge on any atom is 0.319 e. The zero-order valence-electron chi connectivity index (χ0n) is 15.6. The summed E-state index contributed by atoms with van der Waals surface area (Å²) in [6.45, 7) is 0.924. The second-order valence-corrected chi connectivity index (χ2v) is 7.33. The minimum absolute atomic E-state index is 0.0806. The fraction of sp³-hybridized carbons (Fsp3) is 0.222. The maximum absolute atomic E-state index is 13.9. The maximum atomic E-state index is 13.9. The van der Waals surface area contributed by atoms with Crippen LogP contribution >= 0.6 is 23.1 Å². The lowest BCUT2D eigenvalue weighted by atomic mass is 10.2. The van der Waals surface area contributed by atoms with Gasteiger partial charge in [0.1, 0.15) is 23.0 Å². The van der Waals surface area contributed by atoms with Gasteiger partial charge in [-0.3, -0.25) is 10.1 Å². The summed E-state index contributed by atoms with van der Waals surface area (Å²) in [5, 5.41) is 5.61. The summed E-state index contributed by atoms with van der Waals surface area (Å²) >= 11 is 6.56. The topological polar surface area (TPSA) is 124 Å². The largest absolute Gasteiger partial charge is 0.471 e. The molecule has 0 unspecified atom stereocenters. The number of amides is 3. The van der Waals surface area contributed by atoms with Crippen LogP contribution in [-0.2, 0) is 13.2 Å². The van der Waals surface area contributed by atoms with Gasteiger partial charge in [0.15, 0.2) is 0 Å². The molecule has 0 aliphatic rings. The van der Waals surface area contributed by atoms with Crippen molar-refractivity contribution in [2.45, 2.75) is 19.6 Å². The number of halogens is 2. The molecule has 0 saturated carbocycles. The first-order valence-electron chi connectivity index (χ1n) is 8.81. The first-order chi connectivity index (χ1) is 14.4. The zero-order chi connectivity index (χ0) is 21.5. The van der Waals surface area contributed by atoms with E-state index in [0.717, 1.165) is 17.6 Å². The molecule has 0 fully saturated rings. The standard InChI is InChI=1S/C18H18ClFN6O3S/c19-12-3-2-11(13(20)8-12)9-29-16-14(15(21)27)17(30-25-16)24-18(28)23-4-1-6-26-7-5-22-10-26/h2-3,5,7-8,10H,1,4,6,9H2,(H2,21,27)(H2,23,24,28). The second-order valence-electron chi connectivity index (χ2n) is 6.12. The lowest BCUT2D eigenvalue weighted by Gasteiger charge is -2.08. The first kappa shape index (κ1) is 21.5. The highest BCUT2D eigenvalue weighted by Crippen LogP contribution is 2.31. The van der Waals surface area contributed by atoms with Gasteiger partial charge in [-0.15, -0.1) is 0 Å². The molecule has 9 nitrogen and oxygen atoms in total. The predicted octanol–water partition coefficient (Wildman–Crippen LogP) is 3.02. The Labute approximate surface area is 180 Å². The summed E-state index contributed by atoms with van der Waals surface area (Å²) in [4.78, 5) is 27.9. The number of nitrogens with two attached hydrogens (primary N) is 1. The molecular formula is C18H18ClFN6O3S. The van der Waals surface area contributed by atoms with Crippen molar-refractivity contribution in [3.63, 3.8) is 0 Å². The van der Waals surface area contributed by atoms with Crippen LogP contribution in [-0.4, -0.2) is 32.4 Å². The number of aryl methyl sites for hydroxylation is 1. The van der Waals surface area contributed by atoms with Crippen molar-refractivity contribution in [1.82, 2.24) is 19.2 Å². The summed E-state index contributed by atoms with van der Waals surface area (Å²) in [5.41, 5.74) is 5.55. The van der Waals surface area contributed by atoms with E-state index in [1.165, 1.54) is 12.1 Å². The van der Waals surface area contributed by atoms with Gasteiger partial charge in [-0.25, -0.2) is 14.2 Å². The molecule has 3 aromatic rings. The van der Waals surface area contributed by atoms with E-state index in [9.17, 15) is 14.0 Å². The van der Waals surface area contributed by atoms with Gasteiger partial charge in [-0.2, -0.15) is 4.37 Å².